The van der Waals surface area contributed by atoms with Gasteiger partial charge in [0, 0.05) is 42.8 Å². The highest BCUT2D eigenvalue weighted by Gasteiger charge is 2.26. The van der Waals surface area contributed by atoms with E-state index in [4.69, 9.17) is 22.1 Å². The van der Waals surface area contributed by atoms with Crippen molar-refractivity contribution in [3.05, 3.63) is 63.7 Å². The van der Waals surface area contributed by atoms with Crippen LogP contribution in [0.4, 0.5) is 0 Å². The van der Waals surface area contributed by atoms with E-state index in [0.29, 0.717) is 23.7 Å². The third kappa shape index (κ3) is 5.15. The van der Waals surface area contributed by atoms with Crippen LogP contribution in [0.5, 0.6) is 5.75 Å². The maximum absolute atomic E-state index is 12.7. The predicted octanol–water partition coefficient (Wildman–Crippen LogP) is 4.20. The van der Waals surface area contributed by atoms with Gasteiger partial charge in [-0.2, -0.15) is 0 Å². The van der Waals surface area contributed by atoms with Gasteiger partial charge in [-0.1, -0.05) is 17.7 Å². The maximum atomic E-state index is 12.7. The van der Waals surface area contributed by atoms with Crippen molar-refractivity contribution in [2.24, 2.45) is 5.73 Å². The molecule has 2 aromatic carbocycles. The number of carbonyl (C=O) groups is 1. The van der Waals surface area contributed by atoms with E-state index in [2.05, 4.69) is 37.8 Å². The van der Waals surface area contributed by atoms with Crippen molar-refractivity contribution in [3.63, 3.8) is 0 Å². The normalized spacial score (nSPS) is 15.8. The lowest BCUT2D eigenvalue weighted by molar-refractivity contribution is 0.0581. The van der Waals surface area contributed by atoms with Crippen molar-refractivity contribution in [1.29, 1.82) is 0 Å². The smallest absolute Gasteiger partial charge is 0.253 e. The van der Waals surface area contributed by atoms with Crippen molar-refractivity contribution in [3.8, 4) is 5.75 Å². The highest BCUT2D eigenvalue weighted by Crippen LogP contribution is 2.31. The molecule has 6 heteroatoms. The summed E-state index contributed by atoms with van der Waals surface area (Å²) in [6.07, 6.45) is 0.857. The minimum atomic E-state index is 0.0741. The molecule has 0 saturated carbocycles. The Balaban J connectivity index is 1.62. The molecule has 1 aliphatic heterocycles. The van der Waals surface area contributed by atoms with Crippen LogP contribution in [-0.2, 0) is 0 Å². The van der Waals surface area contributed by atoms with Crippen molar-refractivity contribution in [2.75, 3.05) is 39.3 Å². The van der Waals surface area contributed by atoms with E-state index < -0.39 is 0 Å². The maximum Gasteiger partial charge on any atom is 0.253 e. The zero-order valence-electron chi connectivity index (χ0n) is 18.2. The molecular formula is C24H32ClN3O2. The molecule has 0 aromatic heterocycles. The lowest BCUT2D eigenvalue weighted by Crippen LogP contribution is -2.49. The molecule has 0 bridgehead atoms. The van der Waals surface area contributed by atoms with Crippen LogP contribution in [0.25, 0.3) is 0 Å². The van der Waals surface area contributed by atoms with E-state index >= 15 is 0 Å². The third-order valence-electron chi connectivity index (χ3n) is 6.08. The summed E-state index contributed by atoms with van der Waals surface area (Å²) in [5, 5.41) is 0.645. The Bertz CT molecular complexity index is 861. The molecule has 0 unspecified atom stereocenters. The summed E-state index contributed by atoms with van der Waals surface area (Å²) in [7, 11) is 0. The zero-order chi connectivity index (χ0) is 21.7. The largest absolute Gasteiger partial charge is 0.493 e. The number of ether oxygens (including phenoxy) is 1. The first-order valence-corrected chi connectivity index (χ1v) is 11.0. The number of piperazine rings is 1. The zero-order valence-corrected chi connectivity index (χ0v) is 18.9. The number of halogens is 1. The van der Waals surface area contributed by atoms with E-state index in [1.54, 1.807) is 24.3 Å². The van der Waals surface area contributed by atoms with Crippen LogP contribution in [0.1, 0.15) is 46.4 Å². The second kappa shape index (κ2) is 10.3. The summed E-state index contributed by atoms with van der Waals surface area (Å²) in [6, 6.07) is 11.7. The molecule has 1 saturated heterocycles. The van der Waals surface area contributed by atoms with Gasteiger partial charge in [0.15, 0.2) is 0 Å². The highest BCUT2D eigenvalue weighted by molar-refractivity contribution is 6.30. The summed E-state index contributed by atoms with van der Waals surface area (Å²) in [4.78, 5) is 17.1. The second-order valence-corrected chi connectivity index (χ2v) is 8.34. The molecule has 5 nitrogen and oxygen atoms in total. The van der Waals surface area contributed by atoms with Gasteiger partial charge in [-0.05, 0) is 80.8 Å². The first-order chi connectivity index (χ1) is 14.4. The number of hydrogen-bond donors (Lipinski definition) is 1. The average molecular weight is 430 g/mol. The van der Waals surface area contributed by atoms with Gasteiger partial charge in [0.25, 0.3) is 5.91 Å². The van der Waals surface area contributed by atoms with Gasteiger partial charge in [-0.15, -0.1) is 0 Å². The van der Waals surface area contributed by atoms with Crippen molar-refractivity contribution in [2.45, 2.75) is 33.2 Å². The minimum absolute atomic E-state index is 0.0741. The molecule has 2 N–H and O–H groups in total. The number of nitrogens with zero attached hydrogens (tertiary/aromatic N) is 2. The Morgan fingerprint density at radius 1 is 1.07 bits per heavy atom. The molecular weight excluding hydrogens is 398 g/mol. The quantitative estimate of drug-likeness (QED) is 0.670. The van der Waals surface area contributed by atoms with E-state index in [1.807, 2.05) is 4.90 Å². The van der Waals surface area contributed by atoms with Gasteiger partial charge in [-0.3, -0.25) is 9.69 Å². The molecule has 1 heterocycles. The van der Waals surface area contributed by atoms with Gasteiger partial charge >= 0.3 is 0 Å². The van der Waals surface area contributed by atoms with Gasteiger partial charge in [0.05, 0.1) is 6.61 Å². The lowest BCUT2D eigenvalue weighted by Gasteiger charge is -2.39. The van der Waals surface area contributed by atoms with Crippen molar-refractivity contribution >= 4 is 17.5 Å². The number of amides is 1. The molecule has 1 amide bonds. The van der Waals surface area contributed by atoms with Crippen molar-refractivity contribution in [1.82, 2.24) is 9.80 Å². The van der Waals surface area contributed by atoms with Crippen LogP contribution in [0.3, 0.4) is 0 Å². The summed E-state index contributed by atoms with van der Waals surface area (Å²) in [5.41, 5.74) is 10.0. The molecule has 1 atom stereocenters. The van der Waals surface area contributed by atoms with E-state index in [-0.39, 0.29) is 11.9 Å². The first-order valence-electron chi connectivity index (χ1n) is 10.6. The van der Waals surface area contributed by atoms with Crippen molar-refractivity contribution < 1.29 is 9.53 Å². The van der Waals surface area contributed by atoms with Crippen LogP contribution < -0.4 is 10.5 Å². The molecule has 3 rings (SSSR count). The fraction of sp³-hybridized carbons (Fsp3) is 0.458. The van der Waals surface area contributed by atoms with Gasteiger partial charge in [0.2, 0.25) is 0 Å². The van der Waals surface area contributed by atoms with Crippen LogP contribution in [0.15, 0.2) is 36.4 Å². The van der Waals surface area contributed by atoms with E-state index in [9.17, 15) is 4.79 Å². The highest BCUT2D eigenvalue weighted by atomic mass is 35.5. The molecule has 1 aliphatic rings. The first kappa shape index (κ1) is 22.6. The standard InChI is InChI=1S/C24H32ClN3O2/c1-17-18(2)23(30-16-4-11-26)10-9-22(17)19(3)27-12-14-28(15-13-27)24(29)20-5-7-21(25)8-6-20/h5-10,19H,4,11-16,26H2,1-3H3/t19-/m1/s1. The fourth-order valence-electron chi connectivity index (χ4n) is 3.98. The lowest BCUT2D eigenvalue weighted by atomic mass is 9.96. The SMILES string of the molecule is Cc1c(OCCCN)ccc([C@@H](C)N2CCN(C(=O)c3ccc(Cl)cc3)CC2)c1C. The summed E-state index contributed by atoms with van der Waals surface area (Å²) >= 11 is 5.94. The van der Waals surface area contributed by atoms with Gasteiger partial charge < -0.3 is 15.4 Å². The van der Waals surface area contributed by atoms with Crippen LogP contribution in [0.2, 0.25) is 5.02 Å². The second-order valence-electron chi connectivity index (χ2n) is 7.90. The monoisotopic (exact) mass is 429 g/mol. The number of nitrogens with two attached hydrogens (primary N) is 1. The minimum Gasteiger partial charge on any atom is -0.493 e. The number of hydrogen-bond acceptors (Lipinski definition) is 4. The topological polar surface area (TPSA) is 58.8 Å². The number of rotatable bonds is 7. The van der Waals surface area contributed by atoms with Crippen LogP contribution in [-0.4, -0.2) is 55.0 Å². The van der Waals surface area contributed by atoms with Crippen LogP contribution >= 0.6 is 11.6 Å². The summed E-state index contributed by atoms with van der Waals surface area (Å²) < 4.78 is 5.88. The molecule has 2 aromatic rings. The fourth-order valence-corrected chi connectivity index (χ4v) is 4.10. The Morgan fingerprint density at radius 3 is 2.37 bits per heavy atom. The molecule has 0 radical (unpaired) electrons. The molecule has 0 aliphatic carbocycles. The summed E-state index contributed by atoms with van der Waals surface area (Å²) in [6.45, 7) is 11.0. The molecule has 1 fully saturated rings. The Hall–Kier alpha value is -2.08. The average Bonchev–Trinajstić information content (AvgIpc) is 2.76. The Kier molecular flexibility index (Phi) is 7.75. The molecule has 30 heavy (non-hydrogen) atoms. The Morgan fingerprint density at radius 2 is 1.73 bits per heavy atom. The molecule has 162 valence electrons. The predicted molar refractivity (Wildman–Crippen MR) is 122 cm³/mol. The third-order valence-corrected chi connectivity index (χ3v) is 6.33. The van der Waals surface area contributed by atoms with Gasteiger partial charge in [-0.25, -0.2) is 0 Å². The Labute approximate surface area is 184 Å². The molecule has 0 spiro atoms. The van der Waals surface area contributed by atoms with Gasteiger partial charge in [0.1, 0.15) is 5.75 Å². The van der Waals surface area contributed by atoms with E-state index in [0.717, 1.165) is 38.3 Å². The van der Waals surface area contributed by atoms with Crippen LogP contribution in [0, 0.1) is 13.8 Å². The number of carbonyl (C=O) groups excluding carboxylic acids is 1. The van der Waals surface area contributed by atoms with E-state index in [1.165, 1.54) is 16.7 Å². The number of benzene rings is 2. The summed E-state index contributed by atoms with van der Waals surface area (Å²) in [5.74, 6) is 1.01.